The number of nitrogens with zero attached hydrogens (tertiary/aromatic N) is 2. The van der Waals surface area contributed by atoms with Crippen molar-refractivity contribution in [3.63, 3.8) is 0 Å². The highest BCUT2D eigenvalue weighted by Gasteiger charge is 2.11. The maximum absolute atomic E-state index is 10.5. The van der Waals surface area contributed by atoms with E-state index < -0.39 is 12.0 Å². The van der Waals surface area contributed by atoms with Crippen LogP contribution in [0.3, 0.4) is 0 Å². The minimum atomic E-state index is -0.962. The second-order valence-corrected chi connectivity index (χ2v) is 2.63. The van der Waals surface area contributed by atoms with Gasteiger partial charge in [-0.3, -0.25) is 4.79 Å². The maximum Gasteiger partial charge on any atom is 0.325 e. The molecule has 6 heteroatoms. The third-order valence-corrected chi connectivity index (χ3v) is 1.56. The number of methoxy groups -OCH3 is 1. The van der Waals surface area contributed by atoms with Gasteiger partial charge in [0.1, 0.15) is 6.04 Å². The third kappa shape index (κ3) is 2.58. The standard InChI is InChI=1S/C8H11N3O3/c1-5(7(12)13)10-8-9-4-3-6(11-8)14-2/h3-5H,1-2H3,(H,12,13)(H,9,10,11). The number of nitrogens with one attached hydrogen (secondary N) is 1. The first-order valence-electron chi connectivity index (χ1n) is 4.00. The number of hydrogen-bond acceptors (Lipinski definition) is 5. The molecule has 0 aliphatic carbocycles. The number of carboxylic acid groups (broad SMARTS) is 1. The van der Waals surface area contributed by atoms with Gasteiger partial charge in [-0.25, -0.2) is 4.98 Å². The number of aliphatic carboxylic acids is 1. The van der Waals surface area contributed by atoms with Crippen LogP contribution in [0.25, 0.3) is 0 Å². The molecular weight excluding hydrogens is 186 g/mol. The van der Waals surface area contributed by atoms with Crippen LogP contribution < -0.4 is 10.1 Å². The molecule has 0 fully saturated rings. The molecule has 0 saturated carbocycles. The molecular formula is C8H11N3O3. The first-order chi connectivity index (χ1) is 6.63. The monoisotopic (exact) mass is 197 g/mol. The van der Waals surface area contributed by atoms with Crippen LogP contribution in [0.4, 0.5) is 5.95 Å². The van der Waals surface area contributed by atoms with Crippen LogP contribution in [0.5, 0.6) is 5.88 Å². The van der Waals surface area contributed by atoms with Crippen molar-refractivity contribution in [3.8, 4) is 5.88 Å². The molecule has 0 bridgehead atoms. The van der Waals surface area contributed by atoms with Crippen molar-refractivity contribution in [2.45, 2.75) is 13.0 Å². The molecule has 0 aliphatic rings. The van der Waals surface area contributed by atoms with Gasteiger partial charge in [0.05, 0.1) is 7.11 Å². The lowest BCUT2D eigenvalue weighted by Gasteiger charge is -2.08. The Morgan fingerprint density at radius 1 is 1.71 bits per heavy atom. The summed E-state index contributed by atoms with van der Waals surface area (Å²) in [4.78, 5) is 18.3. The van der Waals surface area contributed by atoms with Crippen molar-refractivity contribution in [2.75, 3.05) is 12.4 Å². The number of anilines is 1. The summed E-state index contributed by atoms with van der Waals surface area (Å²) >= 11 is 0. The zero-order valence-corrected chi connectivity index (χ0v) is 7.89. The molecule has 0 aliphatic heterocycles. The van der Waals surface area contributed by atoms with Crippen LogP contribution >= 0.6 is 0 Å². The van der Waals surface area contributed by atoms with E-state index in [-0.39, 0.29) is 5.95 Å². The van der Waals surface area contributed by atoms with Gasteiger partial charge >= 0.3 is 5.97 Å². The molecule has 0 spiro atoms. The number of aromatic nitrogens is 2. The number of hydrogen-bond donors (Lipinski definition) is 2. The van der Waals surface area contributed by atoms with Crippen molar-refractivity contribution in [1.29, 1.82) is 0 Å². The second kappa shape index (κ2) is 4.40. The molecule has 0 aromatic carbocycles. The van der Waals surface area contributed by atoms with Gasteiger partial charge < -0.3 is 15.2 Å². The smallest absolute Gasteiger partial charge is 0.325 e. The summed E-state index contributed by atoms with van der Waals surface area (Å²) in [5.74, 6) is -0.337. The molecule has 1 aromatic rings. The number of carboxylic acids is 1. The number of carbonyl (C=O) groups is 1. The lowest BCUT2D eigenvalue weighted by Crippen LogP contribution is -2.26. The summed E-state index contributed by atoms with van der Waals surface area (Å²) in [6.07, 6.45) is 1.49. The van der Waals surface area contributed by atoms with Gasteiger partial charge in [-0.1, -0.05) is 0 Å². The molecule has 76 valence electrons. The van der Waals surface area contributed by atoms with Gasteiger partial charge in [-0.15, -0.1) is 0 Å². The highest BCUT2D eigenvalue weighted by atomic mass is 16.5. The molecule has 0 amide bonds. The van der Waals surface area contributed by atoms with E-state index in [0.717, 1.165) is 0 Å². The topological polar surface area (TPSA) is 84.3 Å². The zero-order chi connectivity index (χ0) is 10.6. The lowest BCUT2D eigenvalue weighted by molar-refractivity contribution is -0.137. The normalized spacial score (nSPS) is 11.9. The molecule has 14 heavy (non-hydrogen) atoms. The summed E-state index contributed by atoms with van der Waals surface area (Å²) in [6, 6.07) is 0.846. The molecule has 1 aromatic heterocycles. The predicted molar refractivity (Wildman–Crippen MR) is 49.3 cm³/mol. The Kier molecular flexibility index (Phi) is 3.22. The molecule has 2 N–H and O–H groups in total. The maximum atomic E-state index is 10.5. The van der Waals surface area contributed by atoms with Gasteiger partial charge in [0.25, 0.3) is 0 Å². The molecule has 0 saturated heterocycles. The van der Waals surface area contributed by atoms with Crippen LogP contribution in [0.15, 0.2) is 12.3 Å². The Hall–Kier alpha value is -1.85. The Morgan fingerprint density at radius 3 is 3.00 bits per heavy atom. The summed E-state index contributed by atoms with van der Waals surface area (Å²) in [5, 5.41) is 11.2. The van der Waals surface area contributed by atoms with Crippen molar-refractivity contribution in [2.24, 2.45) is 0 Å². The van der Waals surface area contributed by atoms with E-state index in [4.69, 9.17) is 9.84 Å². The van der Waals surface area contributed by atoms with E-state index in [2.05, 4.69) is 15.3 Å². The first-order valence-corrected chi connectivity index (χ1v) is 4.00. The fourth-order valence-electron chi connectivity index (χ4n) is 0.781. The Bertz CT molecular complexity index is 329. The van der Waals surface area contributed by atoms with E-state index in [0.29, 0.717) is 5.88 Å². The molecule has 1 heterocycles. The SMILES string of the molecule is COc1ccnc(NC(C)C(=O)O)n1. The first kappa shape index (κ1) is 10.2. The van der Waals surface area contributed by atoms with Crippen molar-refractivity contribution in [3.05, 3.63) is 12.3 Å². The molecule has 0 radical (unpaired) electrons. The molecule has 1 atom stereocenters. The average Bonchev–Trinajstić information content (AvgIpc) is 2.18. The van der Waals surface area contributed by atoms with Crippen molar-refractivity contribution >= 4 is 11.9 Å². The third-order valence-electron chi connectivity index (χ3n) is 1.56. The Morgan fingerprint density at radius 2 is 2.43 bits per heavy atom. The Labute approximate surface area is 80.9 Å². The predicted octanol–water partition coefficient (Wildman–Crippen LogP) is 0.370. The highest BCUT2D eigenvalue weighted by molar-refractivity contribution is 5.75. The van der Waals surface area contributed by atoms with E-state index in [1.807, 2.05) is 0 Å². The van der Waals surface area contributed by atoms with E-state index >= 15 is 0 Å². The minimum absolute atomic E-state index is 0.235. The molecule has 1 unspecified atom stereocenters. The zero-order valence-electron chi connectivity index (χ0n) is 7.89. The van der Waals surface area contributed by atoms with Crippen LogP contribution in [-0.2, 0) is 4.79 Å². The van der Waals surface area contributed by atoms with E-state index in [1.165, 1.54) is 20.2 Å². The van der Waals surface area contributed by atoms with Gasteiger partial charge in [0.2, 0.25) is 11.8 Å². The van der Waals surface area contributed by atoms with Gasteiger partial charge in [0, 0.05) is 12.3 Å². The average molecular weight is 197 g/mol. The van der Waals surface area contributed by atoms with E-state index in [1.54, 1.807) is 6.07 Å². The fraction of sp³-hybridized carbons (Fsp3) is 0.375. The van der Waals surface area contributed by atoms with Crippen LogP contribution in [0, 0.1) is 0 Å². The van der Waals surface area contributed by atoms with Crippen molar-refractivity contribution in [1.82, 2.24) is 9.97 Å². The van der Waals surface area contributed by atoms with Crippen LogP contribution in [0.2, 0.25) is 0 Å². The number of rotatable bonds is 4. The van der Waals surface area contributed by atoms with Gasteiger partial charge in [0.15, 0.2) is 0 Å². The summed E-state index contributed by atoms with van der Waals surface area (Å²) < 4.78 is 4.86. The summed E-state index contributed by atoms with van der Waals surface area (Å²) in [6.45, 7) is 1.51. The lowest BCUT2D eigenvalue weighted by atomic mass is 10.3. The largest absolute Gasteiger partial charge is 0.481 e. The molecule has 6 nitrogen and oxygen atoms in total. The van der Waals surface area contributed by atoms with Crippen molar-refractivity contribution < 1.29 is 14.6 Å². The Balaban J connectivity index is 2.71. The van der Waals surface area contributed by atoms with Gasteiger partial charge in [-0.05, 0) is 6.92 Å². The van der Waals surface area contributed by atoms with Crippen LogP contribution in [0.1, 0.15) is 6.92 Å². The quantitative estimate of drug-likeness (QED) is 0.725. The summed E-state index contributed by atoms with van der Waals surface area (Å²) in [5.41, 5.74) is 0. The minimum Gasteiger partial charge on any atom is -0.481 e. The fourth-order valence-corrected chi connectivity index (χ4v) is 0.781. The second-order valence-electron chi connectivity index (χ2n) is 2.63. The van der Waals surface area contributed by atoms with Gasteiger partial charge in [-0.2, -0.15) is 4.98 Å². The van der Waals surface area contributed by atoms with Crippen LogP contribution in [-0.4, -0.2) is 34.2 Å². The molecule has 1 rings (SSSR count). The van der Waals surface area contributed by atoms with E-state index in [9.17, 15) is 4.79 Å². The summed E-state index contributed by atoms with van der Waals surface area (Å²) in [7, 11) is 1.48. The highest BCUT2D eigenvalue weighted by Crippen LogP contribution is 2.07. The number of ether oxygens (including phenoxy) is 1.